The number of hydrogen-bond acceptors (Lipinski definition) is 4. The van der Waals surface area contributed by atoms with Crippen molar-refractivity contribution in [1.82, 2.24) is 14.1 Å². The number of carbonyl (C=O) groups is 1. The molecule has 0 saturated carbocycles. The van der Waals surface area contributed by atoms with Crippen LogP contribution in [-0.4, -0.2) is 41.5 Å². The van der Waals surface area contributed by atoms with Crippen molar-refractivity contribution in [3.63, 3.8) is 0 Å². The molecule has 0 aliphatic carbocycles. The Morgan fingerprint density at radius 3 is 2.34 bits per heavy atom. The molecular formula is C24H28N4O3S. The molecule has 0 radical (unpaired) electrons. The maximum atomic E-state index is 13.1. The first kappa shape index (κ1) is 22.2. The summed E-state index contributed by atoms with van der Waals surface area (Å²) in [6.07, 6.45) is 3.82. The van der Waals surface area contributed by atoms with Gasteiger partial charge in [-0.3, -0.25) is 4.79 Å². The summed E-state index contributed by atoms with van der Waals surface area (Å²) in [4.78, 5) is 13.2. The maximum Gasteiger partial charge on any atom is 0.255 e. The average Bonchev–Trinajstić information content (AvgIpc) is 2.97. The second kappa shape index (κ2) is 9.26. The number of nitrogens with one attached hydrogen (secondary N) is 1. The van der Waals surface area contributed by atoms with Gasteiger partial charge in [0.25, 0.3) is 5.91 Å². The Labute approximate surface area is 189 Å². The first-order valence-electron chi connectivity index (χ1n) is 10.9. The first-order chi connectivity index (χ1) is 15.4. The van der Waals surface area contributed by atoms with Crippen LogP contribution in [0.1, 0.15) is 47.4 Å². The zero-order chi connectivity index (χ0) is 22.7. The minimum atomic E-state index is -3.63. The number of rotatable bonds is 5. The summed E-state index contributed by atoms with van der Waals surface area (Å²) in [6, 6.07) is 15.6. The highest BCUT2D eigenvalue weighted by Gasteiger charge is 2.26. The second-order valence-corrected chi connectivity index (χ2v) is 10.1. The molecule has 0 bridgehead atoms. The summed E-state index contributed by atoms with van der Waals surface area (Å²) in [7, 11) is -3.63. The van der Waals surface area contributed by atoms with E-state index < -0.39 is 10.0 Å². The van der Waals surface area contributed by atoms with E-state index in [1.165, 1.54) is 10.4 Å². The molecule has 1 aliphatic heterocycles. The summed E-state index contributed by atoms with van der Waals surface area (Å²) < 4.78 is 29.6. The summed E-state index contributed by atoms with van der Waals surface area (Å²) in [6.45, 7) is 4.92. The van der Waals surface area contributed by atoms with Crippen molar-refractivity contribution < 1.29 is 13.2 Å². The van der Waals surface area contributed by atoms with Crippen molar-refractivity contribution in [3.8, 4) is 5.69 Å². The molecular weight excluding hydrogens is 424 g/mol. The number of carbonyl (C=O) groups excluding carboxylic acids is 1. The van der Waals surface area contributed by atoms with Gasteiger partial charge in [0.1, 0.15) is 0 Å². The van der Waals surface area contributed by atoms with Gasteiger partial charge in [-0.2, -0.15) is 9.40 Å². The van der Waals surface area contributed by atoms with Crippen LogP contribution in [0.25, 0.3) is 5.69 Å². The molecule has 32 heavy (non-hydrogen) atoms. The molecule has 2 heterocycles. The monoisotopic (exact) mass is 452 g/mol. The minimum absolute atomic E-state index is 0.152. The second-order valence-electron chi connectivity index (χ2n) is 8.16. The van der Waals surface area contributed by atoms with E-state index >= 15 is 0 Å². The van der Waals surface area contributed by atoms with E-state index in [0.717, 1.165) is 42.8 Å². The van der Waals surface area contributed by atoms with Crippen LogP contribution < -0.4 is 5.32 Å². The number of sulfonamides is 1. The van der Waals surface area contributed by atoms with Crippen LogP contribution in [0.5, 0.6) is 0 Å². The minimum Gasteiger partial charge on any atom is -0.320 e. The SMILES string of the molecule is Cc1cc(C)n(-c2ccccc2NC(=O)c2cccc(S(=O)(=O)N3CCCCCC3)c2)n1. The van der Waals surface area contributed by atoms with Crippen molar-refractivity contribution in [1.29, 1.82) is 0 Å². The largest absolute Gasteiger partial charge is 0.320 e. The number of anilines is 1. The van der Waals surface area contributed by atoms with Crippen LogP contribution in [0.4, 0.5) is 5.69 Å². The zero-order valence-electron chi connectivity index (χ0n) is 18.4. The fourth-order valence-electron chi connectivity index (χ4n) is 4.06. The molecule has 0 atom stereocenters. The normalized spacial score (nSPS) is 15.3. The van der Waals surface area contributed by atoms with Crippen LogP contribution in [0.3, 0.4) is 0 Å². The predicted molar refractivity (Wildman–Crippen MR) is 125 cm³/mol. The molecule has 2 aromatic carbocycles. The molecule has 0 spiro atoms. The number of amides is 1. The van der Waals surface area contributed by atoms with E-state index in [0.29, 0.717) is 24.3 Å². The van der Waals surface area contributed by atoms with Gasteiger partial charge in [-0.25, -0.2) is 13.1 Å². The maximum absolute atomic E-state index is 13.1. The third kappa shape index (κ3) is 4.61. The van der Waals surface area contributed by atoms with Gasteiger partial charge in [0, 0.05) is 24.3 Å². The van der Waals surface area contributed by atoms with Crippen LogP contribution >= 0.6 is 0 Å². The first-order valence-corrected chi connectivity index (χ1v) is 12.3. The van der Waals surface area contributed by atoms with Crippen LogP contribution in [0, 0.1) is 13.8 Å². The lowest BCUT2D eigenvalue weighted by Crippen LogP contribution is -2.32. The molecule has 4 rings (SSSR count). The predicted octanol–water partition coefficient (Wildman–Crippen LogP) is 4.31. The third-order valence-electron chi connectivity index (χ3n) is 5.69. The van der Waals surface area contributed by atoms with Gasteiger partial charge in [0.15, 0.2) is 0 Å². The van der Waals surface area contributed by atoms with Gasteiger partial charge >= 0.3 is 0 Å². The molecule has 1 aromatic heterocycles. The number of aromatic nitrogens is 2. The molecule has 1 saturated heterocycles. The smallest absolute Gasteiger partial charge is 0.255 e. The fourth-order valence-corrected chi connectivity index (χ4v) is 5.62. The molecule has 8 heteroatoms. The van der Waals surface area contributed by atoms with Gasteiger partial charge in [0.05, 0.1) is 22.0 Å². The summed E-state index contributed by atoms with van der Waals surface area (Å²) in [5.74, 6) is -0.369. The molecule has 1 amide bonds. The highest BCUT2D eigenvalue weighted by molar-refractivity contribution is 7.89. The van der Waals surface area contributed by atoms with Gasteiger partial charge in [0.2, 0.25) is 10.0 Å². The van der Waals surface area contributed by atoms with Crippen molar-refractivity contribution in [2.45, 2.75) is 44.4 Å². The third-order valence-corrected chi connectivity index (χ3v) is 7.58. The molecule has 1 N–H and O–H groups in total. The number of aryl methyl sites for hydroxylation is 2. The molecule has 3 aromatic rings. The number of nitrogens with zero attached hydrogens (tertiary/aromatic N) is 3. The van der Waals surface area contributed by atoms with Crippen molar-refractivity contribution in [3.05, 3.63) is 71.5 Å². The number of para-hydroxylation sites is 2. The van der Waals surface area contributed by atoms with E-state index in [4.69, 9.17) is 0 Å². The molecule has 168 valence electrons. The Balaban J connectivity index is 1.60. The fraction of sp³-hybridized carbons (Fsp3) is 0.333. The van der Waals surface area contributed by atoms with Crippen LogP contribution in [0.2, 0.25) is 0 Å². The quantitative estimate of drug-likeness (QED) is 0.625. The molecule has 7 nitrogen and oxygen atoms in total. The molecule has 1 fully saturated rings. The highest BCUT2D eigenvalue weighted by atomic mass is 32.2. The van der Waals surface area contributed by atoms with Crippen molar-refractivity contribution in [2.75, 3.05) is 18.4 Å². The highest BCUT2D eigenvalue weighted by Crippen LogP contribution is 2.24. The van der Waals surface area contributed by atoms with Gasteiger partial charge in [-0.1, -0.05) is 31.0 Å². The Hall–Kier alpha value is -2.97. The Bertz CT molecular complexity index is 1230. The van der Waals surface area contributed by atoms with E-state index in [9.17, 15) is 13.2 Å². The van der Waals surface area contributed by atoms with Gasteiger partial charge in [-0.15, -0.1) is 0 Å². The van der Waals surface area contributed by atoms with Crippen LogP contribution in [0.15, 0.2) is 59.5 Å². The topological polar surface area (TPSA) is 84.3 Å². The average molecular weight is 453 g/mol. The Morgan fingerprint density at radius 2 is 1.66 bits per heavy atom. The standard InChI is InChI=1S/C24H28N4O3S/c1-18-16-19(2)28(26-18)23-13-6-5-12-22(23)25-24(29)20-10-9-11-21(17-20)32(30,31)27-14-7-3-4-8-15-27/h5-6,9-13,16-17H,3-4,7-8,14-15H2,1-2H3,(H,25,29). The van der Waals surface area contributed by atoms with Crippen molar-refractivity contribution >= 4 is 21.6 Å². The lowest BCUT2D eigenvalue weighted by atomic mass is 10.2. The molecule has 1 aliphatic rings. The van der Waals surface area contributed by atoms with E-state index in [1.54, 1.807) is 22.9 Å². The summed E-state index contributed by atoms with van der Waals surface area (Å²) >= 11 is 0. The van der Waals surface area contributed by atoms with Gasteiger partial charge in [-0.05, 0) is 63.1 Å². The van der Waals surface area contributed by atoms with Crippen LogP contribution in [-0.2, 0) is 10.0 Å². The number of benzene rings is 2. The number of hydrogen-bond donors (Lipinski definition) is 1. The van der Waals surface area contributed by atoms with Gasteiger partial charge < -0.3 is 5.32 Å². The van der Waals surface area contributed by atoms with E-state index in [1.807, 2.05) is 44.2 Å². The van der Waals surface area contributed by atoms with Crippen molar-refractivity contribution in [2.24, 2.45) is 0 Å². The summed E-state index contributed by atoms with van der Waals surface area (Å²) in [5.41, 5.74) is 3.48. The van der Waals surface area contributed by atoms with E-state index in [2.05, 4.69) is 10.4 Å². The lowest BCUT2D eigenvalue weighted by Gasteiger charge is -2.20. The molecule has 0 unspecified atom stereocenters. The Kier molecular flexibility index (Phi) is 6.43. The zero-order valence-corrected chi connectivity index (χ0v) is 19.2. The Morgan fingerprint density at radius 1 is 0.938 bits per heavy atom. The van der Waals surface area contributed by atoms with E-state index in [-0.39, 0.29) is 10.8 Å². The lowest BCUT2D eigenvalue weighted by molar-refractivity contribution is 0.102. The summed E-state index contributed by atoms with van der Waals surface area (Å²) in [5, 5.41) is 7.43.